The zero-order chi connectivity index (χ0) is 22.9. The minimum atomic E-state index is -3.76. The van der Waals surface area contributed by atoms with Gasteiger partial charge in [-0.25, -0.2) is 13.1 Å². The van der Waals surface area contributed by atoms with Crippen molar-refractivity contribution in [1.82, 2.24) is 9.62 Å². The first-order chi connectivity index (χ1) is 15.2. The summed E-state index contributed by atoms with van der Waals surface area (Å²) in [6.07, 6.45) is 1.89. The van der Waals surface area contributed by atoms with Gasteiger partial charge in [-0.15, -0.1) is 11.8 Å². The summed E-state index contributed by atoms with van der Waals surface area (Å²) in [5.41, 5.74) is 2.37. The average molecular weight is 474 g/mol. The summed E-state index contributed by atoms with van der Waals surface area (Å²) in [5.74, 6) is 0.00222. The molecule has 1 fully saturated rings. The molecule has 0 bridgehead atoms. The molecule has 2 amide bonds. The molecule has 0 aliphatic carbocycles. The first-order valence-corrected chi connectivity index (χ1v) is 13.0. The fourth-order valence-corrected chi connectivity index (χ4v) is 5.88. The molecule has 4 rings (SSSR count). The number of benzene rings is 2. The number of sulfonamides is 1. The number of thioether (sulfide) groups is 1. The van der Waals surface area contributed by atoms with Crippen LogP contribution in [0.25, 0.3) is 0 Å². The maximum absolute atomic E-state index is 12.9. The number of rotatable bonds is 5. The fourth-order valence-electron chi connectivity index (χ4n) is 3.78. The molecule has 2 aromatic carbocycles. The smallest absolute Gasteiger partial charge is 0.247 e. The second-order valence-corrected chi connectivity index (χ2v) is 11.4. The molecule has 2 N–H and O–H groups in total. The summed E-state index contributed by atoms with van der Waals surface area (Å²) in [5, 5.41) is 1.88. The number of carbonyl (C=O) groups is 2. The van der Waals surface area contributed by atoms with Crippen molar-refractivity contribution in [3.05, 3.63) is 53.6 Å². The number of hydrogen-bond acceptors (Lipinski definition) is 5. The van der Waals surface area contributed by atoms with Gasteiger partial charge in [0.15, 0.2) is 5.25 Å². The van der Waals surface area contributed by atoms with E-state index in [0.717, 1.165) is 24.0 Å². The number of amides is 2. The van der Waals surface area contributed by atoms with E-state index in [1.165, 1.54) is 23.9 Å². The van der Waals surface area contributed by atoms with Crippen LogP contribution in [-0.2, 0) is 26.2 Å². The molecule has 2 aliphatic rings. The van der Waals surface area contributed by atoms with E-state index in [-0.39, 0.29) is 17.3 Å². The van der Waals surface area contributed by atoms with Gasteiger partial charge < -0.3 is 10.2 Å². The monoisotopic (exact) mass is 473 g/mol. The fraction of sp³-hybridized carbons (Fsp3) is 0.391. The molecule has 0 unspecified atom stereocenters. The minimum Gasteiger partial charge on any atom is -0.341 e. The summed E-state index contributed by atoms with van der Waals surface area (Å²) in [6.45, 7) is 5.65. The molecule has 0 spiro atoms. The molecule has 0 radical (unpaired) electrons. The minimum absolute atomic E-state index is 0.0686. The summed E-state index contributed by atoms with van der Waals surface area (Å²) in [6, 6.07) is 12.2. The maximum Gasteiger partial charge on any atom is 0.247 e. The molecular formula is C23H27N3O4S2. The zero-order valence-electron chi connectivity index (χ0n) is 18.1. The van der Waals surface area contributed by atoms with Crippen molar-refractivity contribution >= 4 is 39.3 Å². The highest BCUT2D eigenvalue weighted by Crippen LogP contribution is 2.38. The molecule has 2 aliphatic heterocycles. The normalized spacial score (nSPS) is 19.4. The molecule has 1 atom stereocenters. The summed E-state index contributed by atoms with van der Waals surface area (Å²) < 4.78 is 28.1. The third-order valence-corrected chi connectivity index (χ3v) is 8.57. The Bertz CT molecular complexity index is 1120. The Morgan fingerprint density at radius 3 is 2.53 bits per heavy atom. The van der Waals surface area contributed by atoms with E-state index in [0.29, 0.717) is 29.6 Å². The van der Waals surface area contributed by atoms with E-state index >= 15 is 0 Å². The van der Waals surface area contributed by atoms with Crippen molar-refractivity contribution in [3.63, 3.8) is 0 Å². The van der Waals surface area contributed by atoms with Crippen molar-refractivity contribution in [1.29, 1.82) is 0 Å². The average Bonchev–Trinajstić information content (AvgIpc) is 2.78. The quantitative estimate of drug-likeness (QED) is 0.651. The molecule has 0 saturated carbocycles. The number of fused-ring (bicyclic) bond motifs is 1. The van der Waals surface area contributed by atoms with Gasteiger partial charge in [0.25, 0.3) is 0 Å². The van der Waals surface area contributed by atoms with Crippen molar-refractivity contribution in [2.24, 2.45) is 5.92 Å². The van der Waals surface area contributed by atoms with E-state index in [4.69, 9.17) is 0 Å². The second-order valence-electron chi connectivity index (χ2n) is 8.46. The van der Waals surface area contributed by atoms with Crippen LogP contribution in [0.2, 0.25) is 0 Å². The predicted octanol–water partition coefficient (Wildman–Crippen LogP) is 3.14. The predicted molar refractivity (Wildman–Crippen MR) is 125 cm³/mol. The van der Waals surface area contributed by atoms with Crippen LogP contribution in [0.3, 0.4) is 0 Å². The van der Waals surface area contributed by atoms with Crippen LogP contribution < -0.4 is 10.0 Å². The number of anilines is 1. The molecule has 170 valence electrons. The van der Waals surface area contributed by atoms with E-state index in [9.17, 15) is 18.0 Å². The highest BCUT2D eigenvalue weighted by molar-refractivity contribution is 8.01. The van der Waals surface area contributed by atoms with Gasteiger partial charge in [0.1, 0.15) is 0 Å². The Hall–Kier alpha value is -2.36. The van der Waals surface area contributed by atoms with Crippen LogP contribution in [0.15, 0.2) is 52.3 Å². The lowest BCUT2D eigenvalue weighted by atomic mass is 9.99. The standard InChI is InChI=1S/C23H27N3O4S2/c1-15-3-5-17(6-4-15)14-24-32(29,30)18-7-8-20-19(13-18)25-22(27)21(31-20)23(28)26-11-9-16(2)10-12-26/h3-8,13,16,21,24H,9-12,14H2,1-2H3,(H,25,27)/t21-/m0/s1. The maximum atomic E-state index is 12.9. The number of aryl methyl sites for hydroxylation is 1. The highest BCUT2D eigenvalue weighted by Gasteiger charge is 2.37. The number of nitrogens with one attached hydrogen (secondary N) is 2. The Kier molecular flexibility index (Phi) is 6.60. The molecular weight excluding hydrogens is 446 g/mol. The second kappa shape index (κ2) is 9.25. The summed E-state index contributed by atoms with van der Waals surface area (Å²) in [7, 11) is -3.76. The molecule has 2 heterocycles. The molecule has 2 aromatic rings. The van der Waals surface area contributed by atoms with Crippen molar-refractivity contribution in [2.75, 3.05) is 18.4 Å². The molecule has 1 saturated heterocycles. The van der Waals surface area contributed by atoms with Gasteiger partial charge in [-0.3, -0.25) is 9.59 Å². The lowest BCUT2D eigenvalue weighted by Crippen LogP contribution is -2.47. The third kappa shape index (κ3) is 5.00. The lowest BCUT2D eigenvalue weighted by molar-refractivity contribution is -0.135. The van der Waals surface area contributed by atoms with Crippen LogP contribution in [-0.4, -0.2) is 43.5 Å². The highest BCUT2D eigenvalue weighted by atomic mass is 32.2. The van der Waals surface area contributed by atoms with Crippen LogP contribution in [0, 0.1) is 12.8 Å². The van der Waals surface area contributed by atoms with E-state index in [2.05, 4.69) is 17.0 Å². The van der Waals surface area contributed by atoms with E-state index in [1.807, 2.05) is 31.2 Å². The molecule has 32 heavy (non-hydrogen) atoms. The van der Waals surface area contributed by atoms with Gasteiger partial charge in [0.05, 0.1) is 10.6 Å². The van der Waals surface area contributed by atoms with Crippen molar-refractivity contribution in [2.45, 2.75) is 48.3 Å². The number of nitrogens with zero attached hydrogens (tertiary/aromatic N) is 1. The summed E-state index contributed by atoms with van der Waals surface area (Å²) in [4.78, 5) is 28.1. The van der Waals surface area contributed by atoms with Gasteiger partial charge in [0.2, 0.25) is 21.8 Å². The van der Waals surface area contributed by atoms with Gasteiger partial charge >= 0.3 is 0 Å². The first-order valence-electron chi connectivity index (χ1n) is 10.7. The number of carbonyl (C=O) groups excluding carboxylic acids is 2. The number of piperidine rings is 1. The lowest BCUT2D eigenvalue weighted by Gasteiger charge is -2.33. The van der Waals surface area contributed by atoms with E-state index in [1.54, 1.807) is 11.0 Å². The van der Waals surface area contributed by atoms with Crippen LogP contribution >= 0.6 is 11.8 Å². The van der Waals surface area contributed by atoms with E-state index < -0.39 is 21.2 Å². The number of hydrogen-bond donors (Lipinski definition) is 2. The largest absolute Gasteiger partial charge is 0.341 e. The topological polar surface area (TPSA) is 95.6 Å². The molecule has 7 nitrogen and oxygen atoms in total. The van der Waals surface area contributed by atoms with Gasteiger partial charge in [-0.05, 0) is 49.4 Å². The Labute approximate surface area is 193 Å². The van der Waals surface area contributed by atoms with Gasteiger partial charge in [-0.2, -0.15) is 0 Å². The van der Waals surface area contributed by atoms with Crippen LogP contribution in [0.5, 0.6) is 0 Å². The zero-order valence-corrected chi connectivity index (χ0v) is 19.8. The van der Waals surface area contributed by atoms with Crippen molar-refractivity contribution in [3.8, 4) is 0 Å². The van der Waals surface area contributed by atoms with Gasteiger partial charge in [-0.1, -0.05) is 36.8 Å². The van der Waals surface area contributed by atoms with Crippen LogP contribution in [0.4, 0.5) is 5.69 Å². The first kappa shape index (κ1) is 22.8. The SMILES string of the molecule is Cc1ccc(CNS(=O)(=O)c2ccc3c(c2)NC(=O)[C@@H](C(=O)N2CCC(C)CC2)S3)cc1. The Balaban J connectivity index is 1.46. The Morgan fingerprint density at radius 1 is 1.16 bits per heavy atom. The molecule has 9 heteroatoms. The van der Waals surface area contributed by atoms with Crippen molar-refractivity contribution < 1.29 is 18.0 Å². The Morgan fingerprint density at radius 2 is 1.84 bits per heavy atom. The summed E-state index contributed by atoms with van der Waals surface area (Å²) >= 11 is 1.18. The number of likely N-dealkylation sites (tertiary alicyclic amines) is 1. The molecule has 0 aromatic heterocycles. The van der Waals surface area contributed by atoms with Gasteiger partial charge in [0, 0.05) is 24.5 Å². The van der Waals surface area contributed by atoms with Crippen LogP contribution in [0.1, 0.15) is 30.9 Å². The third-order valence-electron chi connectivity index (χ3n) is 5.91.